The minimum absolute atomic E-state index is 0.118. The molecule has 3 amide bonds. The fraction of sp³-hybridized carbons (Fsp3) is 0.571. The van der Waals surface area contributed by atoms with Gasteiger partial charge in [-0.25, -0.2) is 20.4 Å². The van der Waals surface area contributed by atoms with Gasteiger partial charge >= 0.3 is 5.97 Å². The number of hydrazine groups is 1. The highest BCUT2D eigenvalue weighted by atomic mass is 32.3. The van der Waals surface area contributed by atoms with Gasteiger partial charge in [-0.3, -0.25) is 24.2 Å². The molecule has 1 aromatic heterocycles. The number of rotatable bonds is 6. The van der Waals surface area contributed by atoms with Crippen LogP contribution in [0.1, 0.15) is 64.8 Å². The summed E-state index contributed by atoms with van der Waals surface area (Å²) in [5, 5.41) is 8.02. The molecule has 258 valence electrons. The summed E-state index contributed by atoms with van der Waals surface area (Å²) < 4.78 is 11.9. The number of pyridine rings is 1. The van der Waals surface area contributed by atoms with Crippen molar-refractivity contribution in [3.8, 4) is 0 Å². The molecule has 0 aliphatic carbocycles. The number of aromatic nitrogens is 1. The number of carbonyl (C=O) groups is 4. The van der Waals surface area contributed by atoms with Crippen molar-refractivity contribution < 1.29 is 28.7 Å². The van der Waals surface area contributed by atoms with Crippen molar-refractivity contribution in [2.75, 3.05) is 44.3 Å². The minimum atomic E-state index is -1.11. The van der Waals surface area contributed by atoms with Gasteiger partial charge < -0.3 is 20.1 Å². The van der Waals surface area contributed by atoms with Crippen LogP contribution in [0.25, 0.3) is 17.0 Å². The number of nitrogens with zero attached hydrogens (tertiary/aromatic N) is 2. The lowest BCUT2D eigenvalue weighted by Gasteiger charge is -2.35. The second-order valence-electron chi connectivity index (χ2n) is 14.1. The number of benzene rings is 1. The van der Waals surface area contributed by atoms with E-state index in [0.717, 1.165) is 16.7 Å². The van der Waals surface area contributed by atoms with Gasteiger partial charge in [0.15, 0.2) is 0 Å². The van der Waals surface area contributed by atoms with Crippen molar-refractivity contribution in [3.05, 3.63) is 47.7 Å². The largest absolute Gasteiger partial charge is 0.455 e. The van der Waals surface area contributed by atoms with E-state index >= 15 is 0 Å². The van der Waals surface area contributed by atoms with E-state index in [1.54, 1.807) is 20.8 Å². The van der Waals surface area contributed by atoms with E-state index in [4.69, 9.17) is 14.5 Å². The van der Waals surface area contributed by atoms with Crippen LogP contribution in [0.3, 0.4) is 0 Å². The smallest absolute Gasteiger partial charge is 0.325 e. The van der Waals surface area contributed by atoms with Crippen LogP contribution in [-0.4, -0.2) is 96.1 Å². The van der Waals surface area contributed by atoms with Crippen LogP contribution in [-0.2, 0) is 28.7 Å². The highest BCUT2D eigenvalue weighted by Gasteiger charge is 2.37. The molecular weight excluding hydrogens is 618 g/mol. The van der Waals surface area contributed by atoms with Crippen LogP contribution >= 0.6 is 10.0 Å². The number of carbonyl (C=O) groups excluding carboxylic acids is 4. The molecule has 0 spiro atoms. The Labute approximate surface area is 279 Å². The van der Waals surface area contributed by atoms with E-state index in [2.05, 4.69) is 34.8 Å². The molecule has 11 nitrogen and oxygen atoms in total. The van der Waals surface area contributed by atoms with Gasteiger partial charge in [-0.05, 0) is 76.0 Å². The van der Waals surface area contributed by atoms with E-state index in [-0.39, 0.29) is 18.4 Å². The first-order chi connectivity index (χ1) is 22.1. The Morgan fingerprint density at radius 1 is 1.09 bits per heavy atom. The van der Waals surface area contributed by atoms with E-state index in [9.17, 15) is 19.2 Å². The maximum Gasteiger partial charge on any atom is 0.325 e. The van der Waals surface area contributed by atoms with Gasteiger partial charge in [-0.1, -0.05) is 44.2 Å². The third kappa shape index (κ3) is 9.55. The Morgan fingerprint density at radius 3 is 2.51 bits per heavy atom. The predicted molar refractivity (Wildman–Crippen MR) is 187 cm³/mol. The van der Waals surface area contributed by atoms with Gasteiger partial charge in [-0.15, -0.1) is 0 Å². The summed E-state index contributed by atoms with van der Waals surface area (Å²) in [7, 11) is -0.785. The molecule has 1 saturated heterocycles. The summed E-state index contributed by atoms with van der Waals surface area (Å²) in [5.41, 5.74) is 4.02. The SMILES string of the molecule is CC(C)C1NC(=O)[C@](C)(COCCS(C)(C)C)/C=C/c2ccc3ccc(nc3c2)[C@@H](C)OC(=O)[C@@H]2CCCN(N2)C(=O)[C@H](C)NC1=O. The van der Waals surface area contributed by atoms with Crippen molar-refractivity contribution in [3.63, 3.8) is 0 Å². The highest BCUT2D eigenvalue weighted by molar-refractivity contribution is 8.32. The summed E-state index contributed by atoms with van der Waals surface area (Å²) in [6, 6.07) is 7.06. The molecule has 3 heterocycles. The second-order valence-corrected chi connectivity index (χ2v) is 18.7. The standard InChI is InChI=1S/C35H51N5O6S/c1-22(2)30-31(41)36-23(3)32(42)40-17-9-10-28(39-40)33(43)46-24(4)27-14-13-26-12-11-25(20-29(26)37-27)15-16-35(5,34(44)38-30)21-45-18-19-47(6,7)8/h11-16,20,22-24,28,30,39H,9-10,17-19,21H2,1-8H3,(H,36,41)(H,38,44)/b16-15+/t23-,24+,28-,30?,35-/m0/s1. The first kappa shape index (κ1) is 36.4. The summed E-state index contributed by atoms with van der Waals surface area (Å²) in [6.45, 7) is 9.85. The summed E-state index contributed by atoms with van der Waals surface area (Å²) in [6.07, 6.45) is 10.8. The van der Waals surface area contributed by atoms with Crippen molar-refractivity contribution in [1.29, 1.82) is 0 Å². The van der Waals surface area contributed by atoms with E-state index in [0.29, 0.717) is 37.2 Å². The molecule has 1 unspecified atom stereocenters. The normalized spacial score (nSPS) is 27.7. The van der Waals surface area contributed by atoms with Crippen LogP contribution in [0.2, 0.25) is 0 Å². The Hall–Kier alpha value is -3.48. The van der Waals surface area contributed by atoms with Crippen molar-refractivity contribution in [1.82, 2.24) is 26.1 Å². The number of fused-ring (bicyclic) bond motifs is 4. The third-order valence-corrected chi connectivity index (χ3v) is 9.94. The van der Waals surface area contributed by atoms with Crippen LogP contribution < -0.4 is 16.1 Å². The van der Waals surface area contributed by atoms with Gasteiger partial charge in [0.2, 0.25) is 11.8 Å². The number of esters is 1. The molecular formula is C35H51N5O6S. The molecule has 5 bridgehead atoms. The predicted octanol–water partition coefficient (Wildman–Crippen LogP) is 3.72. The molecule has 2 aliphatic heterocycles. The molecule has 1 fully saturated rings. The van der Waals surface area contributed by atoms with Crippen molar-refractivity contribution in [2.45, 2.75) is 71.7 Å². The monoisotopic (exact) mass is 669 g/mol. The number of cyclic esters (lactones) is 1. The maximum atomic E-state index is 14.0. The molecule has 2 aromatic rings. The summed E-state index contributed by atoms with van der Waals surface area (Å²) in [4.78, 5) is 58.9. The first-order valence-corrected chi connectivity index (χ1v) is 19.3. The molecule has 1 aromatic carbocycles. The fourth-order valence-electron chi connectivity index (χ4n) is 5.41. The van der Waals surface area contributed by atoms with Gasteiger partial charge in [0.25, 0.3) is 5.91 Å². The average molecular weight is 670 g/mol. The molecule has 4 rings (SSSR count). The van der Waals surface area contributed by atoms with Crippen molar-refractivity contribution >= 4 is 50.7 Å². The van der Waals surface area contributed by atoms with Crippen LogP contribution in [0, 0.1) is 11.3 Å². The van der Waals surface area contributed by atoms with E-state index in [1.165, 1.54) is 5.01 Å². The van der Waals surface area contributed by atoms with Gasteiger partial charge in [0.1, 0.15) is 24.2 Å². The number of nitrogens with one attached hydrogen (secondary N) is 3. The molecule has 47 heavy (non-hydrogen) atoms. The topological polar surface area (TPSA) is 139 Å². The van der Waals surface area contributed by atoms with Gasteiger partial charge in [0, 0.05) is 17.7 Å². The summed E-state index contributed by atoms with van der Waals surface area (Å²) in [5.74, 6) is -1.07. The highest BCUT2D eigenvalue weighted by Crippen LogP contribution is 2.34. The molecule has 0 radical (unpaired) electrons. The lowest BCUT2D eigenvalue weighted by Crippen LogP contribution is -2.61. The first-order valence-electron chi connectivity index (χ1n) is 16.3. The van der Waals surface area contributed by atoms with Crippen molar-refractivity contribution in [2.24, 2.45) is 11.3 Å². The summed E-state index contributed by atoms with van der Waals surface area (Å²) >= 11 is 0. The second kappa shape index (κ2) is 15.2. The fourth-order valence-corrected chi connectivity index (χ4v) is 6.03. The quantitative estimate of drug-likeness (QED) is 0.313. The Balaban J connectivity index is 1.72. The Morgan fingerprint density at radius 2 is 1.81 bits per heavy atom. The zero-order valence-corrected chi connectivity index (χ0v) is 29.7. The van der Waals surface area contributed by atoms with Crippen LogP contribution in [0.5, 0.6) is 0 Å². The van der Waals surface area contributed by atoms with Gasteiger partial charge in [-0.2, -0.15) is 0 Å². The lowest BCUT2D eigenvalue weighted by atomic mass is 9.88. The third-order valence-electron chi connectivity index (χ3n) is 8.55. The Kier molecular flexibility index (Phi) is 11.7. The number of amides is 3. The van der Waals surface area contributed by atoms with Crippen LogP contribution in [0.15, 0.2) is 36.4 Å². The average Bonchev–Trinajstić information content (AvgIpc) is 3.02. The zero-order valence-electron chi connectivity index (χ0n) is 28.9. The minimum Gasteiger partial charge on any atom is -0.455 e. The van der Waals surface area contributed by atoms with E-state index in [1.807, 2.05) is 56.3 Å². The number of hydrogen-bond donors (Lipinski definition) is 3. The molecule has 3 N–H and O–H groups in total. The van der Waals surface area contributed by atoms with Gasteiger partial charge in [0.05, 0.1) is 29.8 Å². The zero-order chi connectivity index (χ0) is 34.5. The molecule has 0 saturated carbocycles. The maximum absolute atomic E-state index is 14.0. The number of ether oxygens (including phenoxy) is 2. The van der Waals surface area contributed by atoms with E-state index < -0.39 is 57.5 Å². The molecule has 12 heteroatoms. The number of hydrogen-bond acceptors (Lipinski definition) is 8. The molecule has 5 atom stereocenters. The Bertz CT molecular complexity index is 1510. The lowest BCUT2D eigenvalue weighted by molar-refractivity contribution is -0.157. The molecule has 2 aliphatic rings. The van der Waals surface area contributed by atoms with Crippen LogP contribution in [0.4, 0.5) is 0 Å².